The van der Waals surface area contributed by atoms with Crippen LogP contribution in [0.15, 0.2) is 72.9 Å². The van der Waals surface area contributed by atoms with Gasteiger partial charge in [-0.25, -0.2) is 0 Å². The molecule has 0 aliphatic heterocycles. The Morgan fingerprint density at radius 1 is 0.638 bits per heavy atom. The van der Waals surface area contributed by atoms with Gasteiger partial charge in [-0.1, -0.05) is 170 Å². The monoisotopic (exact) mass is 833 g/mol. The third-order valence-corrected chi connectivity index (χ3v) is 10.9. The molecule has 0 radical (unpaired) electrons. The molecule has 0 heterocycles. The molecule has 0 aromatic heterocycles. The maximum absolute atomic E-state index is 12.8. The van der Waals surface area contributed by atoms with Gasteiger partial charge in [-0.05, 0) is 77.6 Å². The van der Waals surface area contributed by atoms with Crippen molar-refractivity contribution in [3.8, 4) is 0 Å². The Balaban J connectivity index is 4.16. The molecule has 0 aliphatic rings. The average molecular weight is 833 g/mol. The maximum atomic E-state index is 12.8. The minimum absolute atomic E-state index is 0.0127. The van der Waals surface area contributed by atoms with E-state index in [2.05, 4.69) is 66.9 Å². The van der Waals surface area contributed by atoms with Crippen LogP contribution in [0, 0.1) is 0 Å². The summed E-state index contributed by atoms with van der Waals surface area (Å²) in [7, 11) is 1.22. The minimum Gasteiger partial charge on any atom is -0.756 e. The van der Waals surface area contributed by atoms with Gasteiger partial charge in [0.25, 0.3) is 7.82 Å². The highest BCUT2D eigenvalue weighted by molar-refractivity contribution is 7.45. The highest BCUT2D eigenvalue weighted by Crippen LogP contribution is 2.38. The van der Waals surface area contributed by atoms with Gasteiger partial charge >= 0.3 is 0 Å². The number of hydrogen-bond acceptors (Lipinski definition) is 6. The highest BCUT2D eigenvalue weighted by Gasteiger charge is 2.23. The number of carbonyl (C=O) groups is 1. The van der Waals surface area contributed by atoms with Gasteiger partial charge in [0.2, 0.25) is 5.91 Å². The van der Waals surface area contributed by atoms with E-state index in [0.29, 0.717) is 17.4 Å². The van der Waals surface area contributed by atoms with E-state index in [9.17, 15) is 19.4 Å². The molecule has 0 aromatic carbocycles. The van der Waals surface area contributed by atoms with Crippen molar-refractivity contribution in [3.05, 3.63) is 72.9 Å². The van der Waals surface area contributed by atoms with Gasteiger partial charge in [-0.15, -0.1) is 0 Å². The van der Waals surface area contributed by atoms with E-state index < -0.39 is 26.6 Å². The maximum Gasteiger partial charge on any atom is 0.268 e. The summed E-state index contributed by atoms with van der Waals surface area (Å²) in [6, 6.07) is -0.911. The third kappa shape index (κ3) is 42.1. The molecule has 0 spiro atoms. The average Bonchev–Trinajstić information content (AvgIpc) is 3.17. The quantitative estimate of drug-likeness (QED) is 0.0275. The fourth-order valence-electron chi connectivity index (χ4n) is 6.26. The van der Waals surface area contributed by atoms with Crippen LogP contribution in [-0.2, 0) is 18.4 Å². The first-order valence-corrected chi connectivity index (χ1v) is 24.7. The second-order valence-corrected chi connectivity index (χ2v) is 18.2. The number of phosphoric ester groups is 1. The third-order valence-electron chi connectivity index (χ3n) is 9.96. The lowest BCUT2D eigenvalue weighted by Gasteiger charge is -2.29. The molecule has 0 saturated heterocycles. The largest absolute Gasteiger partial charge is 0.756 e. The number of likely N-dealkylation sites (N-methyl/N-ethyl adjacent to an activating group) is 1. The van der Waals surface area contributed by atoms with Crippen molar-refractivity contribution in [2.24, 2.45) is 0 Å². The summed E-state index contributed by atoms with van der Waals surface area (Å²) in [4.78, 5) is 25.2. The SMILES string of the molecule is C/C=C/CC/C=C/CC/C=C/C(O)C(COP(=O)([O-])OCC[N+](C)(C)C)NC(=O)CCCCCCCCCCCCCC/C=C\C/C=C\C/C=C\CCCCCCC. The molecule has 58 heavy (non-hydrogen) atoms. The van der Waals surface area contributed by atoms with Crippen LogP contribution in [0.3, 0.4) is 0 Å². The first-order valence-electron chi connectivity index (χ1n) is 23.3. The topological polar surface area (TPSA) is 108 Å². The summed E-state index contributed by atoms with van der Waals surface area (Å²) in [5, 5.41) is 13.7. The van der Waals surface area contributed by atoms with Crippen molar-refractivity contribution < 1.29 is 32.9 Å². The van der Waals surface area contributed by atoms with Crippen molar-refractivity contribution in [1.82, 2.24) is 5.32 Å². The fraction of sp³-hybridized carbons (Fsp3) is 0.735. The van der Waals surface area contributed by atoms with Gasteiger partial charge in [0, 0.05) is 6.42 Å². The Hall–Kier alpha value is -2.06. The molecule has 0 bridgehead atoms. The van der Waals surface area contributed by atoms with Gasteiger partial charge in [-0.2, -0.15) is 0 Å². The summed E-state index contributed by atoms with van der Waals surface area (Å²) in [6.07, 6.45) is 54.2. The van der Waals surface area contributed by atoms with Crippen LogP contribution in [0.4, 0.5) is 0 Å². The number of allylic oxidation sites excluding steroid dienone is 11. The van der Waals surface area contributed by atoms with Crippen LogP contribution in [0.2, 0.25) is 0 Å². The van der Waals surface area contributed by atoms with Crippen LogP contribution in [0.1, 0.15) is 181 Å². The number of rotatable bonds is 41. The molecule has 0 aliphatic carbocycles. The molecule has 3 unspecified atom stereocenters. The number of nitrogens with zero attached hydrogens (tertiary/aromatic N) is 1. The zero-order valence-corrected chi connectivity index (χ0v) is 38.9. The second-order valence-electron chi connectivity index (χ2n) is 16.7. The van der Waals surface area contributed by atoms with Crippen LogP contribution >= 0.6 is 7.82 Å². The second kappa shape index (κ2) is 40.4. The Morgan fingerprint density at radius 2 is 1.09 bits per heavy atom. The van der Waals surface area contributed by atoms with Crippen molar-refractivity contribution in [3.63, 3.8) is 0 Å². The number of nitrogens with one attached hydrogen (secondary N) is 1. The predicted octanol–water partition coefficient (Wildman–Crippen LogP) is 12.6. The molecule has 0 fully saturated rings. The smallest absolute Gasteiger partial charge is 0.268 e. The van der Waals surface area contributed by atoms with Crippen molar-refractivity contribution in [2.45, 2.75) is 193 Å². The first kappa shape index (κ1) is 55.9. The number of carbonyl (C=O) groups excluding carboxylic acids is 1. The van der Waals surface area contributed by atoms with Crippen molar-refractivity contribution in [1.29, 1.82) is 0 Å². The molecule has 0 rings (SSSR count). The number of phosphoric acid groups is 1. The summed E-state index contributed by atoms with van der Waals surface area (Å²) < 4.78 is 23.1. The standard InChI is InChI=1S/C49H89N2O6P/c1-6-8-10-12-14-16-17-18-19-20-21-22-23-24-25-26-27-28-29-30-31-32-33-35-37-39-41-43-49(53)50-47(46-57-58(54,55)56-45-44-51(3,4)5)48(52)42-40-38-36-34-15-13-11-9-7-2/h7,9,15,17-18,20-21,23-24,34,40,42,47-48,52H,6,8,10-14,16,19,22,25-33,35-39,41,43-46H2,1-5H3,(H-,50,53,54,55)/b9-7+,18-17-,21-20-,24-23-,34-15+,42-40+. The molecule has 8 nitrogen and oxygen atoms in total. The molecule has 336 valence electrons. The molecular formula is C49H89N2O6P. The summed E-state index contributed by atoms with van der Waals surface area (Å²) in [6.45, 7) is 4.35. The van der Waals surface area contributed by atoms with E-state index in [-0.39, 0.29) is 12.5 Å². The minimum atomic E-state index is -4.60. The number of hydrogen-bond donors (Lipinski definition) is 2. The molecule has 2 N–H and O–H groups in total. The highest BCUT2D eigenvalue weighted by atomic mass is 31.2. The molecule has 3 atom stereocenters. The van der Waals surface area contributed by atoms with E-state index in [1.165, 1.54) is 103 Å². The Morgan fingerprint density at radius 3 is 1.60 bits per heavy atom. The van der Waals surface area contributed by atoms with E-state index >= 15 is 0 Å². The number of aliphatic hydroxyl groups is 1. The molecule has 9 heteroatoms. The number of amides is 1. The lowest BCUT2D eigenvalue weighted by Crippen LogP contribution is -2.45. The summed E-state index contributed by atoms with van der Waals surface area (Å²) in [5.41, 5.74) is 0. The summed E-state index contributed by atoms with van der Waals surface area (Å²) >= 11 is 0. The predicted molar refractivity (Wildman–Crippen MR) is 247 cm³/mol. The van der Waals surface area contributed by atoms with E-state index in [1.807, 2.05) is 40.2 Å². The Labute approximate surface area is 357 Å². The first-order chi connectivity index (χ1) is 28.0. The van der Waals surface area contributed by atoms with Gasteiger partial charge in [0.05, 0.1) is 39.9 Å². The Kier molecular flexibility index (Phi) is 38.9. The number of unbranched alkanes of at least 4 members (excludes halogenated alkanes) is 19. The number of aliphatic hydroxyl groups excluding tert-OH is 1. The van der Waals surface area contributed by atoms with Crippen LogP contribution in [-0.4, -0.2) is 68.5 Å². The van der Waals surface area contributed by atoms with E-state index in [1.54, 1.807) is 6.08 Å². The van der Waals surface area contributed by atoms with E-state index in [0.717, 1.165) is 57.8 Å². The summed E-state index contributed by atoms with van der Waals surface area (Å²) in [5.74, 6) is -0.220. The molecule has 0 aromatic rings. The Bertz CT molecular complexity index is 1170. The zero-order valence-electron chi connectivity index (χ0n) is 38.0. The van der Waals surface area contributed by atoms with Crippen LogP contribution in [0.5, 0.6) is 0 Å². The normalized spacial score (nSPS) is 14.9. The molecule has 1 amide bonds. The van der Waals surface area contributed by atoms with E-state index in [4.69, 9.17) is 9.05 Å². The lowest BCUT2D eigenvalue weighted by molar-refractivity contribution is -0.870. The number of quaternary nitrogens is 1. The fourth-order valence-corrected chi connectivity index (χ4v) is 6.98. The van der Waals surface area contributed by atoms with Crippen LogP contribution < -0.4 is 10.2 Å². The van der Waals surface area contributed by atoms with Crippen molar-refractivity contribution >= 4 is 13.7 Å². The zero-order chi connectivity index (χ0) is 42.8. The van der Waals surface area contributed by atoms with Gasteiger partial charge in [-0.3, -0.25) is 9.36 Å². The molecular weight excluding hydrogens is 744 g/mol. The lowest BCUT2D eigenvalue weighted by atomic mass is 10.0. The van der Waals surface area contributed by atoms with Gasteiger partial charge in [0.1, 0.15) is 13.2 Å². The molecule has 0 saturated carbocycles. The van der Waals surface area contributed by atoms with Gasteiger partial charge < -0.3 is 28.8 Å². The van der Waals surface area contributed by atoms with Crippen molar-refractivity contribution in [2.75, 3.05) is 40.9 Å². The van der Waals surface area contributed by atoms with Crippen LogP contribution in [0.25, 0.3) is 0 Å². The van der Waals surface area contributed by atoms with Gasteiger partial charge in [0.15, 0.2) is 0 Å².